The smallest absolute Gasteiger partial charge is 0.329 e. The second-order valence-corrected chi connectivity index (χ2v) is 4.37. The molecule has 0 unspecified atom stereocenters. The highest BCUT2D eigenvalue weighted by atomic mass is 32.1. The summed E-state index contributed by atoms with van der Waals surface area (Å²) in [5.41, 5.74) is 1.22. The molecule has 0 bridgehead atoms. The van der Waals surface area contributed by atoms with Crippen LogP contribution in [0.1, 0.15) is 5.56 Å². The lowest BCUT2D eigenvalue weighted by atomic mass is 10.1. The molecule has 0 saturated heterocycles. The molecule has 16 heavy (non-hydrogen) atoms. The third-order valence-corrected chi connectivity index (χ3v) is 3.31. The second kappa shape index (κ2) is 5.09. The Bertz CT molecular complexity index is 490. The minimum absolute atomic E-state index is 0.222. The quantitative estimate of drug-likeness (QED) is 0.811. The van der Waals surface area contributed by atoms with Crippen molar-refractivity contribution < 1.29 is 14.6 Å². The van der Waals surface area contributed by atoms with E-state index in [9.17, 15) is 4.79 Å². The Morgan fingerprint density at radius 1 is 1.38 bits per heavy atom. The van der Waals surface area contributed by atoms with E-state index in [2.05, 4.69) is 23.6 Å². The van der Waals surface area contributed by atoms with Gasteiger partial charge < -0.3 is 9.84 Å². The lowest BCUT2D eigenvalue weighted by molar-refractivity contribution is -0.142. The van der Waals surface area contributed by atoms with E-state index in [0.717, 1.165) is 6.42 Å². The van der Waals surface area contributed by atoms with Gasteiger partial charge in [0.1, 0.15) is 6.61 Å². The second-order valence-electron chi connectivity index (χ2n) is 3.45. The Morgan fingerprint density at radius 2 is 2.25 bits per heavy atom. The van der Waals surface area contributed by atoms with E-state index >= 15 is 0 Å². The van der Waals surface area contributed by atoms with Gasteiger partial charge in [-0.15, -0.1) is 11.3 Å². The van der Waals surface area contributed by atoms with Crippen molar-refractivity contribution in [3.8, 4) is 0 Å². The van der Waals surface area contributed by atoms with Gasteiger partial charge in [-0.2, -0.15) is 0 Å². The summed E-state index contributed by atoms with van der Waals surface area (Å²) in [4.78, 5) is 10.3. The molecule has 0 spiro atoms. The lowest BCUT2D eigenvalue weighted by Gasteiger charge is -2.03. The van der Waals surface area contributed by atoms with Crippen molar-refractivity contribution in [1.29, 1.82) is 0 Å². The molecule has 2 aromatic rings. The van der Waals surface area contributed by atoms with E-state index in [-0.39, 0.29) is 6.61 Å². The molecule has 1 aromatic heterocycles. The SMILES string of the molecule is O=C(O)COCCc1cccc2ccsc12. The highest BCUT2D eigenvalue weighted by molar-refractivity contribution is 7.17. The fraction of sp³-hybridized carbons (Fsp3) is 0.250. The van der Waals surface area contributed by atoms with Gasteiger partial charge in [-0.1, -0.05) is 18.2 Å². The molecule has 0 radical (unpaired) electrons. The first-order valence-corrected chi connectivity index (χ1v) is 5.90. The fourth-order valence-electron chi connectivity index (χ4n) is 1.59. The summed E-state index contributed by atoms with van der Waals surface area (Å²) in [6.45, 7) is 0.226. The number of rotatable bonds is 5. The van der Waals surface area contributed by atoms with Crippen LogP contribution in [-0.4, -0.2) is 24.3 Å². The van der Waals surface area contributed by atoms with Crippen LogP contribution >= 0.6 is 11.3 Å². The molecule has 0 amide bonds. The minimum atomic E-state index is -0.922. The van der Waals surface area contributed by atoms with E-state index in [4.69, 9.17) is 9.84 Å². The lowest BCUT2D eigenvalue weighted by Crippen LogP contribution is -2.09. The summed E-state index contributed by atoms with van der Waals surface area (Å²) < 4.78 is 6.29. The molecular formula is C12H12O3S. The molecular weight excluding hydrogens is 224 g/mol. The third-order valence-electron chi connectivity index (χ3n) is 2.30. The van der Waals surface area contributed by atoms with Crippen LogP contribution in [0.3, 0.4) is 0 Å². The maximum absolute atomic E-state index is 10.3. The number of aliphatic carboxylic acids is 1. The Kier molecular flexibility index (Phi) is 3.54. The number of carbonyl (C=O) groups is 1. The zero-order valence-corrected chi connectivity index (χ0v) is 9.50. The normalized spacial score (nSPS) is 10.8. The monoisotopic (exact) mass is 236 g/mol. The van der Waals surface area contributed by atoms with Gasteiger partial charge in [0, 0.05) is 4.70 Å². The van der Waals surface area contributed by atoms with Gasteiger partial charge in [-0.25, -0.2) is 4.79 Å². The van der Waals surface area contributed by atoms with E-state index in [1.807, 2.05) is 6.07 Å². The number of thiophene rings is 1. The van der Waals surface area contributed by atoms with Crippen LogP contribution in [0.15, 0.2) is 29.6 Å². The molecule has 84 valence electrons. The van der Waals surface area contributed by atoms with Crippen LogP contribution in [0.5, 0.6) is 0 Å². The predicted octanol–water partition coefficient (Wildman–Crippen LogP) is 2.55. The van der Waals surface area contributed by atoms with Crippen molar-refractivity contribution in [2.24, 2.45) is 0 Å². The average Bonchev–Trinajstić information content (AvgIpc) is 2.72. The molecule has 0 aliphatic rings. The van der Waals surface area contributed by atoms with Crippen molar-refractivity contribution >= 4 is 27.4 Å². The van der Waals surface area contributed by atoms with Crippen LogP contribution in [0.25, 0.3) is 10.1 Å². The van der Waals surface area contributed by atoms with Crippen LogP contribution in [-0.2, 0) is 16.0 Å². The zero-order chi connectivity index (χ0) is 11.4. The highest BCUT2D eigenvalue weighted by Crippen LogP contribution is 2.24. The fourth-order valence-corrected chi connectivity index (χ4v) is 2.54. The van der Waals surface area contributed by atoms with Crippen molar-refractivity contribution in [2.75, 3.05) is 13.2 Å². The van der Waals surface area contributed by atoms with E-state index < -0.39 is 5.97 Å². The zero-order valence-electron chi connectivity index (χ0n) is 8.68. The standard InChI is InChI=1S/C12H12O3S/c13-11(14)8-15-6-4-9-2-1-3-10-5-7-16-12(9)10/h1-3,5,7H,4,6,8H2,(H,13,14). The molecule has 0 aliphatic carbocycles. The number of carboxylic acid groups (broad SMARTS) is 1. The van der Waals surface area contributed by atoms with Gasteiger partial charge in [0.15, 0.2) is 0 Å². The summed E-state index contributed by atoms with van der Waals surface area (Å²) in [5.74, 6) is -0.922. The van der Waals surface area contributed by atoms with Crippen molar-refractivity contribution in [1.82, 2.24) is 0 Å². The van der Waals surface area contributed by atoms with Gasteiger partial charge in [-0.3, -0.25) is 0 Å². The van der Waals surface area contributed by atoms with Gasteiger partial charge in [-0.05, 0) is 28.8 Å². The Balaban J connectivity index is 1.98. The van der Waals surface area contributed by atoms with Crippen molar-refractivity contribution in [3.63, 3.8) is 0 Å². The van der Waals surface area contributed by atoms with E-state index in [0.29, 0.717) is 6.61 Å². The molecule has 2 rings (SSSR count). The van der Waals surface area contributed by atoms with Gasteiger partial charge >= 0.3 is 5.97 Å². The number of ether oxygens (including phenoxy) is 1. The first-order valence-electron chi connectivity index (χ1n) is 5.02. The molecule has 1 N–H and O–H groups in total. The first-order chi connectivity index (χ1) is 7.77. The first kappa shape index (κ1) is 11.1. The predicted molar refractivity (Wildman–Crippen MR) is 64.0 cm³/mol. The van der Waals surface area contributed by atoms with Gasteiger partial charge in [0.25, 0.3) is 0 Å². The molecule has 1 aromatic carbocycles. The number of carboxylic acids is 1. The van der Waals surface area contributed by atoms with Gasteiger partial charge in [0.05, 0.1) is 6.61 Å². The van der Waals surface area contributed by atoms with Crippen LogP contribution < -0.4 is 0 Å². The number of fused-ring (bicyclic) bond motifs is 1. The number of hydrogen-bond donors (Lipinski definition) is 1. The summed E-state index contributed by atoms with van der Waals surface area (Å²) in [7, 11) is 0. The maximum atomic E-state index is 10.3. The van der Waals surface area contributed by atoms with Crippen molar-refractivity contribution in [2.45, 2.75) is 6.42 Å². The Hall–Kier alpha value is -1.39. The molecule has 3 nitrogen and oxygen atoms in total. The van der Waals surface area contributed by atoms with Crippen LogP contribution in [0.2, 0.25) is 0 Å². The molecule has 1 heterocycles. The van der Waals surface area contributed by atoms with Crippen LogP contribution in [0, 0.1) is 0 Å². The topological polar surface area (TPSA) is 46.5 Å². The van der Waals surface area contributed by atoms with Crippen molar-refractivity contribution in [3.05, 3.63) is 35.2 Å². The van der Waals surface area contributed by atoms with Gasteiger partial charge in [0.2, 0.25) is 0 Å². The van der Waals surface area contributed by atoms with E-state index in [1.165, 1.54) is 15.6 Å². The number of benzene rings is 1. The van der Waals surface area contributed by atoms with E-state index in [1.54, 1.807) is 11.3 Å². The summed E-state index contributed by atoms with van der Waals surface area (Å²) in [5, 5.41) is 11.7. The molecule has 4 heteroatoms. The van der Waals surface area contributed by atoms with Crippen LogP contribution in [0.4, 0.5) is 0 Å². The molecule has 0 fully saturated rings. The maximum Gasteiger partial charge on any atom is 0.329 e. The summed E-state index contributed by atoms with van der Waals surface area (Å²) in [6.07, 6.45) is 0.755. The molecule has 0 saturated carbocycles. The average molecular weight is 236 g/mol. The highest BCUT2D eigenvalue weighted by Gasteiger charge is 2.02. The molecule has 0 aliphatic heterocycles. The third kappa shape index (κ3) is 2.59. The largest absolute Gasteiger partial charge is 0.480 e. The number of hydrogen-bond acceptors (Lipinski definition) is 3. The minimum Gasteiger partial charge on any atom is -0.480 e. The Morgan fingerprint density at radius 3 is 3.06 bits per heavy atom. The molecule has 0 atom stereocenters. The summed E-state index contributed by atoms with van der Waals surface area (Å²) >= 11 is 1.71. The summed E-state index contributed by atoms with van der Waals surface area (Å²) in [6, 6.07) is 8.24. The Labute approximate surface area is 97.3 Å².